The van der Waals surface area contributed by atoms with Crippen LogP contribution in [0.3, 0.4) is 0 Å². The van der Waals surface area contributed by atoms with Gasteiger partial charge in [0, 0.05) is 28.0 Å². The molecule has 0 unspecified atom stereocenters. The van der Waals surface area contributed by atoms with Crippen molar-refractivity contribution < 1.29 is 4.79 Å². The largest absolute Gasteiger partial charge is 0.356 e. The standard InChI is InChI=1S/C13H9ClN4O/c14-10-3-8-6(4-15-10)1-2-7-11-9(17-12(7)8)5-16-18-13(11)19/h1-4,16-17H,5H2,(H,18,19). The van der Waals surface area contributed by atoms with Crippen molar-refractivity contribution in [1.29, 1.82) is 0 Å². The molecule has 0 bridgehead atoms. The van der Waals surface area contributed by atoms with Crippen molar-refractivity contribution in [2.24, 2.45) is 0 Å². The van der Waals surface area contributed by atoms with Crippen molar-refractivity contribution in [3.05, 3.63) is 40.8 Å². The van der Waals surface area contributed by atoms with Crippen LogP contribution in [0, 0.1) is 0 Å². The Bertz CT molecular complexity index is 839. The number of aromatic amines is 1. The molecule has 1 aliphatic rings. The van der Waals surface area contributed by atoms with Crippen LogP contribution in [0.2, 0.25) is 5.15 Å². The molecule has 0 saturated heterocycles. The second kappa shape index (κ2) is 3.69. The van der Waals surface area contributed by atoms with E-state index < -0.39 is 0 Å². The molecular formula is C13H9ClN4O. The van der Waals surface area contributed by atoms with Crippen LogP contribution in [-0.4, -0.2) is 15.9 Å². The van der Waals surface area contributed by atoms with Gasteiger partial charge < -0.3 is 4.98 Å². The molecule has 94 valence electrons. The number of nitrogens with zero attached hydrogens (tertiary/aromatic N) is 1. The van der Waals surface area contributed by atoms with E-state index in [4.69, 9.17) is 11.6 Å². The summed E-state index contributed by atoms with van der Waals surface area (Å²) in [5.41, 5.74) is 7.98. The second-order valence-corrected chi connectivity index (χ2v) is 4.89. The zero-order valence-corrected chi connectivity index (χ0v) is 10.5. The number of halogens is 1. The molecule has 0 fully saturated rings. The van der Waals surface area contributed by atoms with E-state index in [0.29, 0.717) is 17.3 Å². The zero-order chi connectivity index (χ0) is 13.0. The monoisotopic (exact) mass is 272 g/mol. The minimum absolute atomic E-state index is 0.119. The minimum Gasteiger partial charge on any atom is -0.356 e. The molecule has 0 spiro atoms. The van der Waals surface area contributed by atoms with Crippen LogP contribution in [0.5, 0.6) is 0 Å². The Hall–Kier alpha value is -2.11. The number of nitrogens with one attached hydrogen (secondary N) is 3. The Balaban J connectivity index is 2.17. The number of hydrazine groups is 1. The van der Waals surface area contributed by atoms with E-state index >= 15 is 0 Å². The van der Waals surface area contributed by atoms with E-state index in [1.54, 1.807) is 6.20 Å². The van der Waals surface area contributed by atoms with Gasteiger partial charge in [-0.3, -0.25) is 10.2 Å². The molecule has 0 saturated carbocycles. The smallest absolute Gasteiger partial charge is 0.267 e. The lowest BCUT2D eigenvalue weighted by Gasteiger charge is -2.13. The highest BCUT2D eigenvalue weighted by molar-refractivity contribution is 6.30. The normalized spacial score (nSPS) is 14.7. The minimum atomic E-state index is -0.119. The van der Waals surface area contributed by atoms with Gasteiger partial charge in [-0.1, -0.05) is 23.7 Å². The average Bonchev–Trinajstić information content (AvgIpc) is 2.79. The first-order valence-electron chi connectivity index (χ1n) is 5.86. The van der Waals surface area contributed by atoms with Gasteiger partial charge in [0.15, 0.2) is 0 Å². The van der Waals surface area contributed by atoms with Crippen molar-refractivity contribution in [2.75, 3.05) is 0 Å². The van der Waals surface area contributed by atoms with E-state index in [0.717, 1.165) is 27.4 Å². The summed E-state index contributed by atoms with van der Waals surface area (Å²) in [5.74, 6) is -0.119. The van der Waals surface area contributed by atoms with Gasteiger partial charge in [-0.05, 0) is 6.07 Å². The zero-order valence-electron chi connectivity index (χ0n) is 9.75. The number of carbonyl (C=O) groups excluding carboxylic acids is 1. The highest BCUT2D eigenvalue weighted by atomic mass is 35.5. The van der Waals surface area contributed by atoms with E-state index in [2.05, 4.69) is 20.8 Å². The van der Waals surface area contributed by atoms with Gasteiger partial charge >= 0.3 is 0 Å². The molecule has 3 heterocycles. The van der Waals surface area contributed by atoms with Crippen molar-refractivity contribution in [2.45, 2.75) is 6.54 Å². The van der Waals surface area contributed by atoms with Gasteiger partial charge in [-0.25, -0.2) is 10.4 Å². The third-order valence-electron chi connectivity index (χ3n) is 3.41. The Morgan fingerprint density at radius 2 is 2.16 bits per heavy atom. The van der Waals surface area contributed by atoms with Crippen molar-refractivity contribution in [1.82, 2.24) is 20.8 Å². The summed E-state index contributed by atoms with van der Waals surface area (Å²) in [6, 6.07) is 5.70. The predicted molar refractivity (Wildman–Crippen MR) is 72.9 cm³/mol. The predicted octanol–water partition coefficient (Wildman–Crippen LogP) is 2.12. The first-order valence-corrected chi connectivity index (χ1v) is 6.24. The Morgan fingerprint density at radius 1 is 1.26 bits per heavy atom. The molecule has 3 N–H and O–H groups in total. The molecule has 1 amide bonds. The number of hydrogen-bond donors (Lipinski definition) is 3. The number of amides is 1. The Morgan fingerprint density at radius 3 is 3.05 bits per heavy atom. The molecule has 1 aromatic carbocycles. The Kier molecular flexibility index (Phi) is 2.09. The number of benzene rings is 1. The van der Waals surface area contributed by atoms with E-state index in [1.165, 1.54) is 0 Å². The van der Waals surface area contributed by atoms with Gasteiger partial charge in [-0.2, -0.15) is 0 Å². The van der Waals surface area contributed by atoms with Crippen LogP contribution in [0.15, 0.2) is 24.4 Å². The summed E-state index contributed by atoms with van der Waals surface area (Å²) < 4.78 is 0. The summed E-state index contributed by atoms with van der Waals surface area (Å²) in [4.78, 5) is 19.3. The van der Waals surface area contributed by atoms with Gasteiger partial charge in [-0.15, -0.1) is 0 Å². The summed E-state index contributed by atoms with van der Waals surface area (Å²) in [6.45, 7) is 0.579. The molecule has 3 aromatic rings. The third-order valence-corrected chi connectivity index (χ3v) is 3.62. The molecule has 0 atom stereocenters. The number of fused-ring (bicyclic) bond motifs is 5. The van der Waals surface area contributed by atoms with Crippen molar-refractivity contribution in [3.63, 3.8) is 0 Å². The maximum Gasteiger partial charge on any atom is 0.267 e. The maximum absolute atomic E-state index is 11.9. The molecule has 2 aromatic heterocycles. The number of aromatic nitrogens is 2. The molecule has 1 aliphatic heterocycles. The lowest BCUT2D eigenvalue weighted by molar-refractivity contribution is 0.0921. The summed E-state index contributed by atoms with van der Waals surface area (Å²) >= 11 is 5.96. The van der Waals surface area contributed by atoms with Crippen LogP contribution in [0.1, 0.15) is 16.1 Å². The van der Waals surface area contributed by atoms with Crippen LogP contribution in [-0.2, 0) is 6.54 Å². The molecule has 4 rings (SSSR count). The summed E-state index contributed by atoms with van der Waals surface area (Å²) in [5, 5.41) is 3.31. The number of carbonyl (C=O) groups is 1. The van der Waals surface area contributed by atoms with Gasteiger partial charge in [0.25, 0.3) is 5.91 Å². The fourth-order valence-electron chi connectivity index (χ4n) is 2.58. The number of rotatable bonds is 0. The lowest BCUT2D eigenvalue weighted by atomic mass is 10.1. The molecule has 5 nitrogen and oxygen atoms in total. The van der Waals surface area contributed by atoms with Gasteiger partial charge in [0.2, 0.25) is 0 Å². The second-order valence-electron chi connectivity index (χ2n) is 4.50. The third kappa shape index (κ3) is 1.46. The van der Waals surface area contributed by atoms with Crippen LogP contribution < -0.4 is 10.9 Å². The van der Waals surface area contributed by atoms with E-state index in [-0.39, 0.29) is 5.91 Å². The van der Waals surface area contributed by atoms with Gasteiger partial charge in [0.05, 0.1) is 17.6 Å². The highest BCUT2D eigenvalue weighted by Gasteiger charge is 2.22. The number of H-pyrrole nitrogens is 1. The fraction of sp³-hybridized carbons (Fsp3) is 0.0769. The maximum atomic E-state index is 11.9. The lowest BCUT2D eigenvalue weighted by Crippen LogP contribution is -2.41. The first kappa shape index (κ1) is 10.8. The Labute approximate surface area is 112 Å². The quantitative estimate of drug-likeness (QED) is 0.549. The fourth-order valence-corrected chi connectivity index (χ4v) is 2.74. The van der Waals surface area contributed by atoms with Crippen molar-refractivity contribution >= 4 is 39.2 Å². The van der Waals surface area contributed by atoms with Crippen molar-refractivity contribution in [3.8, 4) is 0 Å². The SMILES string of the molecule is O=C1NNCc2[nH]c3c(ccc4cnc(Cl)cc43)c21. The van der Waals surface area contributed by atoms with Crippen LogP contribution in [0.4, 0.5) is 0 Å². The topological polar surface area (TPSA) is 69.8 Å². The molecule has 6 heteroatoms. The van der Waals surface area contributed by atoms with E-state index in [9.17, 15) is 4.79 Å². The number of pyridine rings is 1. The molecule has 0 radical (unpaired) electrons. The van der Waals surface area contributed by atoms with Crippen LogP contribution >= 0.6 is 11.6 Å². The summed E-state index contributed by atoms with van der Waals surface area (Å²) in [6.07, 6.45) is 1.73. The molecular weight excluding hydrogens is 264 g/mol. The average molecular weight is 273 g/mol. The summed E-state index contributed by atoms with van der Waals surface area (Å²) in [7, 11) is 0. The van der Waals surface area contributed by atoms with Gasteiger partial charge in [0.1, 0.15) is 5.15 Å². The van der Waals surface area contributed by atoms with Crippen LogP contribution in [0.25, 0.3) is 21.7 Å². The number of hydrogen-bond acceptors (Lipinski definition) is 3. The first-order chi connectivity index (χ1) is 9.24. The highest BCUT2D eigenvalue weighted by Crippen LogP contribution is 2.31. The van der Waals surface area contributed by atoms with E-state index in [1.807, 2.05) is 18.2 Å². The molecule has 0 aliphatic carbocycles. The molecule has 19 heavy (non-hydrogen) atoms.